The molecule has 1 aromatic carbocycles. The lowest BCUT2D eigenvalue weighted by Gasteiger charge is -2.07. The van der Waals surface area contributed by atoms with E-state index in [0.29, 0.717) is 12.1 Å². The first kappa shape index (κ1) is 16.0. The SMILES string of the molecule is Cc1nn(C)cc1C(=O)NCc1c(C)nn(-c2ccccc2)c1C. The standard InChI is InChI=1S/C18H21N5O/c1-12-16(10-19-18(24)17-11-22(4)20-13(17)2)14(3)23(21-12)15-8-6-5-7-9-15/h5-9,11H,10H2,1-4H3,(H,19,24). The van der Waals surface area contributed by atoms with Crippen molar-refractivity contribution < 1.29 is 4.79 Å². The number of nitrogens with one attached hydrogen (secondary N) is 1. The zero-order valence-electron chi connectivity index (χ0n) is 14.4. The Bertz CT molecular complexity index is 876. The highest BCUT2D eigenvalue weighted by atomic mass is 16.1. The highest BCUT2D eigenvalue weighted by Crippen LogP contribution is 2.18. The monoisotopic (exact) mass is 323 g/mol. The molecule has 124 valence electrons. The molecule has 0 unspecified atom stereocenters. The molecular formula is C18H21N5O. The molecule has 6 heteroatoms. The van der Waals surface area contributed by atoms with Gasteiger partial charge in [-0.3, -0.25) is 9.48 Å². The lowest BCUT2D eigenvalue weighted by Crippen LogP contribution is -2.23. The molecule has 2 aromatic heterocycles. The summed E-state index contributed by atoms with van der Waals surface area (Å²) in [4.78, 5) is 12.4. The minimum absolute atomic E-state index is 0.119. The van der Waals surface area contributed by atoms with Gasteiger partial charge in [-0.15, -0.1) is 0 Å². The van der Waals surface area contributed by atoms with E-state index in [-0.39, 0.29) is 5.91 Å². The van der Waals surface area contributed by atoms with Crippen LogP contribution in [0.25, 0.3) is 5.69 Å². The molecule has 1 amide bonds. The van der Waals surface area contributed by atoms with Crippen LogP contribution in [0.3, 0.4) is 0 Å². The highest BCUT2D eigenvalue weighted by Gasteiger charge is 2.16. The maximum absolute atomic E-state index is 12.4. The van der Waals surface area contributed by atoms with Crippen molar-refractivity contribution >= 4 is 5.91 Å². The number of benzene rings is 1. The molecule has 0 aliphatic heterocycles. The van der Waals surface area contributed by atoms with Crippen molar-refractivity contribution in [3.63, 3.8) is 0 Å². The van der Waals surface area contributed by atoms with Crippen molar-refractivity contribution in [1.29, 1.82) is 0 Å². The van der Waals surface area contributed by atoms with Gasteiger partial charge in [-0.25, -0.2) is 4.68 Å². The summed E-state index contributed by atoms with van der Waals surface area (Å²) in [7, 11) is 1.81. The minimum Gasteiger partial charge on any atom is -0.348 e. The van der Waals surface area contributed by atoms with E-state index in [2.05, 4.69) is 15.5 Å². The zero-order chi connectivity index (χ0) is 17.3. The van der Waals surface area contributed by atoms with E-state index in [1.54, 1.807) is 10.9 Å². The van der Waals surface area contributed by atoms with Gasteiger partial charge < -0.3 is 5.32 Å². The molecule has 0 saturated carbocycles. The second-order valence-electron chi connectivity index (χ2n) is 5.88. The fourth-order valence-electron chi connectivity index (χ4n) is 2.84. The molecule has 0 bridgehead atoms. The number of carbonyl (C=O) groups excluding carboxylic acids is 1. The lowest BCUT2D eigenvalue weighted by atomic mass is 10.2. The molecular weight excluding hydrogens is 302 g/mol. The van der Waals surface area contributed by atoms with E-state index in [9.17, 15) is 4.79 Å². The maximum atomic E-state index is 12.4. The van der Waals surface area contributed by atoms with Gasteiger partial charge in [0.25, 0.3) is 5.91 Å². The summed E-state index contributed by atoms with van der Waals surface area (Å²) in [5, 5.41) is 11.8. The lowest BCUT2D eigenvalue weighted by molar-refractivity contribution is 0.0950. The van der Waals surface area contributed by atoms with Gasteiger partial charge in [0.15, 0.2) is 0 Å². The molecule has 3 aromatic rings. The van der Waals surface area contributed by atoms with Gasteiger partial charge in [-0.1, -0.05) is 18.2 Å². The quantitative estimate of drug-likeness (QED) is 0.802. The van der Waals surface area contributed by atoms with Crippen molar-refractivity contribution in [1.82, 2.24) is 24.9 Å². The predicted octanol–water partition coefficient (Wildman–Crippen LogP) is 2.46. The Morgan fingerprint density at radius 2 is 1.79 bits per heavy atom. The van der Waals surface area contributed by atoms with Crippen molar-refractivity contribution in [3.8, 4) is 5.69 Å². The van der Waals surface area contributed by atoms with E-state index in [4.69, 9.17) is 0 Å². The van der Waals surface area contributed by atoms with Gasteiger partial charge in [0.05, 0.1) is 22.6 Å². The summed E-state index contributed by atoms with van der Waals surface area (Å²) in [6, 6.07) is 9.98. The third kappa shape index (κ3) is 2.95. The number of rotatable bonds is 4. The Morgan fingerprint density at radius 3 is 2.42 bits per heavy atom. The van der Waals surface area contributed by atoms with Gasteiger partial charge in [0, 0.05) is 31.0 Å². The van der Waals surface area contributed by atoms with Crippen LogP contribution in [0.5, 0.6) is 0 Å². The second-order valence-corrected chi connectivity index (χ2v) is 5.88. The Balaban J connectivity index is 1.80. The first-order valence-electron chi connectivity index (χ1n) is 7.86. The average Bonchev–Trinajstić information content (AvgIpc) is 3.05. The summed E-state index contributed by atoms with van der Waals surface area (Å²) in [6.45, 7) is 6.25. The number of amides is 1. The van der Waals surface area contributed by atoms with Crippen LogP contribution < -0.4 is 5.32 Å². The number of nitrogens with zero attached hydrogens (tertiary/aromatic N) is 4. The van der Waals surface area contributed by atoms with Crippen LogP contribution in [0.15, 0.2) is 36.5 Å². The van der Waals surface area contributed by atoms with Crippen molar-refractivity contribution in [2.45, 2.75) is 27.3 Å². The van der Waals surface area contributed by atoms with Gasteiger partial charge in [-0.2, -0.15) is 10.2 Å². The molecule has 0 fully saturated rings. The molecule has 0 spiro atoms. The van der Waals surface area contributed by atoms with Crippen LogP contribution in [0, 0.1) is 20.8 Å². The number of hydrogen-bond acceptors (Lipinski definition) is 3. The smallest absolute Gasteiger partial charge is 0.255 e. The number of hydrogen-bond donors (Lipinski definition) is 1. The molecule has 1 N–H and O–H groups in total. The van der Waals surface area contributed by atoms with Crippen molar-refractivity contribution in [3.05, 3.63) is 64.7 Å². The molecule has 0 aliphatic carbocycles. The summed E-state index contributed by atoms with van der Waals surface area (Å²) >= 11 is 0. The molecule has 0 radical (unpaired) electrons. The topological polar surface area (TPSA) is 64.7 Å². The van der Waals surface area contributed by atoms with Crippen LogP contribution in [-0.2, 0) is 13.6 Å². The second kappa shape index (κ2) is 6.31. The Labute approximate surface area is 141 Å². The first-order valence-corrected chi connectivity index (χ1v) is 7.86. The fourth-order valence-corrected chi connectivity index (χ4v) is 2.84. The van der Waals surface area contributed by atoms with Crippen LogP contribution in [0.2, 0.25) is 0 Å². The van der Waals surface area contributed by atoms with Gasteiger partial charge in [0.2, 0.25) is 0 Å². The molecule has 0 aliphatic rings. The minimum atomic E-state index is -0.119. The third-order valence-electron chi connectivity index (χ3n) is 4.13. The van der Waals surface area contributed by atoms with E-state index < -0.39 is 0 Å². The van der Waals surface area contributed by atoms with Crippen LogP contribution in [0.1, 0.15) is 33.0 Å². The molecule has 0 saturated heterocycles. The third-order valence-corrected chi connectivity index (χ3v) is 4.13. The van der Waals surface area contributed by atoms with E-state index in [1.807, 2.05) is 62.8 Å². The summed E-state index contributed by atoms with van der Waals surface area (Å²) < 4.78 is 3.56. The molecule has 2 heterocycles. The number of carbonyl (C=O) groups is 1. The summed E-state index contributed by atoms with van der Waals surface area (Å²) in [5.41, 5.74) is 5.32. The van der Waals surface area contributed by atoms with E-state index >= 15 is 0 Å². The maximum Gasteiger partial charge on any atom is 0.255 e. The Hall–Kier alpha value is -2.89. The molecule has 3 rings (SSSR count). The van der Waals surface area contributed by atoms with Gasteiger partial charge >= 0.3 is 0 Å². The molecule has 0 atom stereocenters. The molecule has 6 nitrogen and oxygen atoms in total. The van der Waals surface area contributed by atoms with Gasteiger partial charge in [-0.05, 0) is 32.9 Å². The fraction of sp³-hybridized carbons (Fsp3) is 0.278. The zero-order valence-corrected chi connectivity index (χ0v) is 14.4. The van der Waals surface area contributed by atoms with E-state index in [0.717, 1.165) is 28.3 Å². The predicted molar refractivity (Wildman–Crippen MR) is 92.2 cm³/mol. The van der Waals surface area contributed by atoms with Gasteiger partial charge in [0.1, 0.15) is 0 Å². The first-order chi connectivity index (χ1) is 11.5. The summed E-state index contributed by atoms with van der Waals surface area (Å²) in [5.74, 6) is -0.119. The number of para-hydroxylation sites is 1. The molecule has 24 heavy (non-hydrogen) atoms. The average molecular weight is 323 g/mol. The number of aromatic nitrogens is 4. The van der Waals surface area contributed by atoms with Crippen molar-refractivity contribution in [2.75, 3.05) is 0 Å². The number of aryl methyl sites for hydroxylation is 3. The van der Waals surface area contributed by atoms with Crippen LogP contribution >= 0.6 is 0 Å². The largest absolute Gasteiger partial charge is 0.348 e. The highest BCUT2D eigenvalue weighted by molar-refractivity contribution is 5.94. The van der Waals surface area contributed by atoms with E-state index in [1.165, 1.54) is 0 Å². The van der Waals surface area contributed by atoms with Crippen LogP contribution in [0.4, 0.5) is 0 Å². The Kier molecular flexibility index (Phi) is 4.20. The normalized spacial score (nSPS) is 10.8. The summed E-state index contributed by atoms with van der Waals surface area (Å²) in [6.07, 6.45) is 1.73. The Morgan fingerprint density at radius 1 is 1.08 bits per heavy atom. The van der Waals surface area contributed by atoms with Crippen molar-refractivity contribution in [2.24, 2.45) is 7.05 Å². The van der Waals surface area contributed by atoms with Crippen LogP contribution in [-0.4, -0.2) is 25.5 Å².